The minimum atomic E-state index is 1.12. The van der Waals surface area contributed by atoms with E-state index in [4.69, 9.17) is 0 Å². The highest BCUT2D eigenvalue weighted by atomic mass is 15.0. The summed E-state index contributed by atoms with van der Waals surface area (Å²) in [5.74, 6) is 0. The van der Waals surface area contributed by atoms with Crippen LogP contribution in [0.15, 0.2) is 91.0 Å². The second-order valence-electron chi connectivity index (χ2n) is 7.34. The molecule has 1 aliphatic carbocycles. The van der Waals surface area contributed by atoms with Crippen LogP contribution in [0.25, 0.3) is 38.6 Å². The zero-order chi connectivity index (χ0) is 17.8. The van der Waals surface area contributed by atoms with Crippen molar-refractivity contribution in [2.24, 2.45) is 0 Å². The van der Waals surface area contributed by atoms with E-state index in [0.29, 0.717) is 0 Å². The maximum absolute atomic E-state index is 2.40. The summed E-state index contributed by atoms with van der Waals surface area (Å²) in [6, 6.07) is 33.1. The second-order valence-corrected chi connectivity index (χ2v) is 7.34. The molecule has 0 saturated heterocycles. The molecular weight excluding hydrogens is 326 g/mol. The Hall–Kier alpha value is -3.32. The summed E-state index contributed by atoms with van der Waals surface area (Å²) < 4.78 is 2.40. The van der Waals surface area contributed by atoms with Crippen LogP contribution in [-0.2, 0) is 12.8 Å². The number of benzene rings is 4. The minimum absolute atomic E-state index is 1.12. The molecule has 0 N–H and O–H groups in total. The van der Waals surface area contributed by atoms with Gasteiger partial charge in [0.1, 0.15) is 0 Å². The fourth-order valence-corrected chi connectivity index (χ4v) is 4.73. The van der Waals surface area contributed by atoms with Crippen molar-refractivity contribution in [3.63, 3.8) is 0 Å². The van der Waals surface area contributed by atoms with Crippen molar-refractivity contribution in [2.45, 2.75) is 12.8 Å². The third kappa shape index (κ3) is 2.06. The van der Waals surface area contributed by atoms with Crippen molar-refractivity contribution in [2.75, 3.05) is 0 Å². The predicted octanol–water partition coefficient (Wildman–Crippen LogP) is 6.55. The van der Waals surface area contributed by atoms with Crippen LogP contribution in [0.5, 0.6) is 0 Å². The zero-order valence-electron chi connectivity index (χ0n) is 15.0. The number of aryl methyl sites for hydroxylation is 2. The second kappa shape index (κ2) is 5.59. The average molecular weight is 345 g/mol. The standard InChI is InChI=1S/C26H19N/c1-2-9-20(10-3-1)27-23-13-7-6-12-22(23)26-24(27)17-16-19-15-14-18-8-4-5-11-21(18)25(19)26/h1-13,16-17H,14-15H2. The topological polar surface area (TPSA) is 4.93 Å². The summed E-state index contributed by atoms with van der Waals surface area (Å²) in [7, 11) is 0. The maximum Gasteiger partial charge on any atom is 0.0547 e. The van der Waals surface area contributed by atoms with E-state index >= 15 is 0 Å². The minimum Gasteiger partial charge on any atom is -0.309 e. The van der Waals surface area contributed by atoms with Crippen molar-refractivity contribution in [3.8, 4) is 16.8 Å². The van der Waals surface area contributed by atoms with Gasteiger partial charge in [-0.05, 0) is 59.4 Å². The highest BCUT2D eigenvalue weighted by Crippen LogP contribution is 2.43. The van der Waals surface area contributed by atoms with E-state index in [9.17, 15) is 0 Å². The zero-order valence-corrected chi connectivity index (χ0v) is 15.0. The van der Waals surface area contributed by atoms with Crippen LogP contribution in [0.1, 0.15) is 11.1 Å². The largest absolute Gasteiger partial charge is 0.309 e. The Morgan fingerprint density at radius 2 is 1.30 bits per heavy atom. The van der Waals surface area contributed by atoms with Crippen LogP contribution >= 0.6 is 0 Å². The van der Waals surface area contributed by atoms with Gasteiger partial charge < -0.3 is 4.57 Å². The normalized spacial score (nSPS) is 12.9. The molecule has 5 aromatic rings. The van der Waals surface area contributed by atoms with Crippen LogP contribution in [-0.4, -0.2) is 4.57 Å². The first-order valence-corrected chi connectivity index (χ1v) is 9.60. The Morgan fingerprint density at radius 1 is 0.556 bits per heavy atom. The van der Waals surface area contributed by atoms with Crippen LogP contribution in [0.2, 0.25) is 0 Å². The molecule has 128 valence electrons. The number of nitrogens with zero attached hydrogens (tertiary/aromatic N) is 1. The quantitative estimate of drug-likeness (QED) is 0.325. The van der Waals surface area contributed by atoms with E-state index in [1.807, 2.05) is 0 Å². The van der Waals surface area contributed by atoms with Crippen LogP contribution in [0.3, 0.4) is 0 Å². The number of hydrogen-bond acceptors (Lipinski definition) is 0. The van der Waals surface area contributed by atoms with Gasteiger partial charge in [0.25, 0.3) is 0 Å². The third-order valence-electron chi connectivity index (χ3n) is 5.89. The fraction of sp³-hybridized carbons (Fsp3) is 0.0769. The SMILES string of the molecule is c1ccc(-n2c3ccccc3c3c4c(ccc32)CCc2ccccc2-4)cc1. The molecule has 0 aliphatic heterocycles. The number of aromatic nitrogens is 1. The van der Waals surface area contributed by atoms with Gasteiger partial charge in [-0.1, -0.05) is 66.7 Å². The Kier molecular flexibility index (Phi) is 3.06. The Morgan fingerprint density at radius 3 is 2.22 bits per heavy atom. The molecule has 1 nitrogen and oxygen atoms in total. The molecule has 4 aromatic carbocycles. The summed E-state index contributed by atoms with van der Waals surface area (Å²) in [4.78, 5) is 0. The first-order chi connectivity index (χ1) is 13.4. The van der Waals surface area contributed by atoms with Gasteiger partial charge in [0.2, 0.25) is 0 Å². The Balaban J connectivity index is 1.83. The van der Waals surface area contributed by atoms with E-state index in [2.05, 4.69) is 95.6 Å². The Bertz CT molecular complexity index is 1310. The highest BCUT2D eigenvalue weighted by Gasteiger charge is 2.22. The van der Waals surface area contributed by atoms with Crippen molar-refractivity contribution in [1.82, 2.24) is 4.57 Å². The van der Waals surface area contributed by atoms with Crippen molar-refractivity contribution in [1.29, 1.82) is 0 Å². The number of rotatable bonds is 1. The highest BCUT2D eigenvalue weighted by molar-refractivity contribution is 6.16. The van der Waals surface area contributed by atoms with Gasteiger partial charge in [0, 0.05) is 16.5 Å². The fourth-order valence-electron chi connectivity index (χ4n) is 4.73. The van der Waals surface area contributed by atoms with E-state index in [-0.39, 0.29) is 0 Å². The first kappa shape index (κ1) is 14.8. The lowest BCUT2D eigenvalue weighted by molar-refractivity contribution is 0.945. The molecule has 0 atom stereocenters. The molecule has 1 aromatic heterocycles. The molecule has 0 spiro atoms. The van der Waals surface area contributed by atoms with Crippen molar-refractivity contribution < 1.29 is 0 Å². The van der Waals surface area contributed by atoms with Gasteiger partial charge in [0.05, 0.1) is 11.0 Å². The summed E-state index contributed by atoms with van der Waals surface area (Å²) in [5.41, 5.74) is 9.55. The lowest BCUT2D eigenvalue weighted by atomic mass is 9.83. The molecule has 1 aliphatic rings. The molecule has 0 bridgehead atoms. The summed E-state index contributed by atoms with van der Waals surface area (Å²) in [6.45, 7) is 0. The van der Waals surface area contributed by atoms with Crippen molar-refractivity contribution >= 4 is 21.8 Å². The molecule has 1 heteroatoms. The third-order valence-corrected chi connectivity index (χ3v) is 5.89. The van der Waals surface area contributed by atoms with Gasteiger partial charge in [0.15, 0.2) is 0 Å². The van der Waals surface area contributed by atoms with E-state index in [0.717, 1.165) is 12.8 Å². The van der Waals surface area contributed by atoms with Gasteiger partial charge >= 0.3 is 0 Å². The molecule has 0 radical (unpaired) electrons. The molecule has 0 unspecified atom stereocenters. The number of para-hydroxylation sites is 2. The first-order valence-electron chi connectivity index (χ1n) is 9.60. The summed E-state index contributed by atoms with van der Waals surface area (Å²) in [6.07, 6.45) is 2.25. The van der Waals surface area contributed by atoms with E-state index in [1.165, 1.54) is 49.7 Å². The number of hydrogen-bond donors (Lipinski definition) is 0. The van der Waals surface area contributed by atoms with Gasteiger partial charge in [-0.15, -0.1) is 0 Å². The molecule has 27 heavy (non-hydrogen) atoms. The monoisotopic (exact) mass is 345 g/mol. The van der Waals surface area contributed by atoms with Gasteiger partial charge in [-0.3, -0.25) is 0 Å². The van der Waals surface area contributed by atoms with Crippen LogP contribution in [0, 0.1) is 0 Å². The summed E-state index contributed by atoms with van der Waals surface area (Å²) >= 11 is 0. The molecule has 6 rings (SSSR count). The Labute approximate surface area is 158 Å². The number of fused-ring (bicyclic) bond motifs is 7. The molecule has 0 fully saturated rings. The molecule has 0 amide bonds. The van der Waals surface area contributed by atoms with Crippen LogP contribution in [0.4, 0.5) is 0 Å². The molecule has 0 saturated carbocycles. The maximum atomic E-state index is 2.40. The smallest absolute Gasteiger partial charge is 0.0547 e. The lowest BCUT2D eigenvalue weighted by Crippen LogP contribution is -2.04. The average Bonchev–Trinajstić information content (AvgIpc) is 3.08. The lowest BCUT2D eigenvalue weighted by Gasteiger charge is -2.21. The summed E-state index contributed by atoms with van der Waals surface area (Å²) in [5, 5.41) is 2.73. The van der Waals surface area contributed by atoms with Crippen molar-refractivity contribution in [3.05, 3.63) is 102 Å². The molecule has 1 heterocycles. The molecular formula is C26H19N. The van der Waals surface area contributed by atoms with E-state index in [1.54, 1.807) is 0 Å². The van der Waals surface area contributed by atoms with Gasteiger partial charge in [-0.25, -0.2) is 0 Å². The predicted molar refractivity (Wildman–Crippen MR) is 114 cm³/mol. The van der Waals surface area contributed by atoms with Crippen LogP contribution < -0.4 is 0 Å². The van der Waals surface area contributed by atoms with Gasteiger partial charge in [-0.2, -0.15) is 0 Å². The van der Waals surface area contributed by atoms with E-state index < -0.39 is 0 Å².